The van der Waals surface area contributed by atoms with Gasteiger partial charge >= 0.3 is 0 Å². The third kappa shape index (κ3) is 6.03. The molecule has 0 bridgehead atoms. The minimum absolute atomic E-state index is 0.0473. The van der Waals surface area contributed by atoms with Gasteiger partial charge < -0.3 is 25.8 Å². The summed E-state index contributed by atoms with van der Waals surface area (Å²) in [5.74, 6) is 0.00684. The Bertz CT molecular complexity index is 1570. The summed E-state index contributed by atoms with van der Waals surface area (Å²) in [5.41, 5.74) is 10.3. The maximum absolute atomic E-state index is 14.7. The zero-order valence-corrected chi connectivity index (χ0v) is 22.5. The fourth-order valence-electron chi connectivity index (χ4n) is 5.13. The Labute approximate surface area is 237 Å². The molecule has 10 heteroatoms. The van der Waals surface area contributed by atoms with Crippen molar-refractivity contribution in [2.45, 2.75) is 31.8 Å². The van der Waals surface area contributed by atoms with Crippen LogP contribution in [0.5, 0.6) is 0 Å². The second kappa shape index (κ2) is 11.6. The van der Waals surface area contributed by atoms with Crippen molar-refractivity contribution in [3.8, 4) is 11.4 Å². The number of hydrogen-bond donors (Lipinski definition) is 3. The van der Waals surface area contributed by atoms with Gasteiger partial charge in [-0.15, -0.1) is 0 Å². The van der Waals surface area contributed by atoms with Gasteiger partial charge in [-0.2, -0.15) is 9.97 Å². The van der Waals surface area contributed by atoms with Gasteiger partial charge in [0.2, 0.25) is 5.95 Å². The van der Waals surface area contributed by atoms with E-state index in [1.807, 2.05) is 12.1 Å². The Morgan fingerprint density at radius 3 is 2.54 bits per heavy atom. The molecule has 1 aromatic heterocycles. The predicted molar refractivity (Wildman–Crippen MR) is 154 cm³/mol. The van der Waals surface area contributed by atoms with Crippen LogP contribution in [-0.4, -0.2) is 52.3 Å². The van der Waals surface area contributed by atoms with Crippen molar-refractivity contribution in [2.24, 2.45) is 0 Å². The molecule has 1 aliphatic carbocycles. The largest absolute Gasteiger partial charge is 0.392 e. The van der Waals surface area contributed by atoms with Crippen molar-refractivity contribution in [3.05, 3.63) is 94.6 Å². The van der Waals surface area contributed by atoms with E-state index in [2.05, 4.69) is 37.3 Å². The smallest absolute Gasteiger partial charge is 0.258 e. The Hall–Kier alpha value is -4.41. The number of nitrogen functional groups attached to an aromatic ring is 1. The first-order valence-corrected chi connectivity index (χ1v) is 13.7. The predicted octanol–water partition coefficient (Wildman–Crippen LogP) is 4.31. The van der Waals surface area contributed by atoms with Crippen molar-refractivity contribution >= 4 is 23.2 Å². The third-order valence-electron chi connectivity index (χ3n) is 7.48. The fourth-order valence-corrected chi connectivity index (χ4v) is 5.13. The monoisotopic (exact) mass is 554 g/mol. The SMILES string of the molecule is Nc1nc(Cc2ccc(N3CCOCC3)cc2)nc(-c2cccc(NC(=O)c3ccc(C4CC4)cc3F)c2CO)n1. The minimum Gasteiger partial charge on any atom is -0.392 e. The first-order valence-electron chi connectivity index (χ1n) is 13.7. The Kier molecular flexibility index (Phi) is 7.58. The summed E-state index contributed by atoms with van der Waals surface area (Å²) in [6, 6.07) is 18.0. The van der Waals surface area contributed by atoms with Crippen LogP contribution in [0, 0.1) is 5.82 Å². The molecule has 2 aliphatic rings. The lowest BCUT2D eigenvalue weighted by atomic mass is 10.0. The van der Waals surface area contributed by atoms with E-state index in [1.54, 1.807) is 24.3 Å². The van der Waals surface area contributed by atoms with Crippen LogP contribution in [0.3, 0.4) is 0 Å². The second-order valence-corrected chi connectivity index (χ2v) is 10.3. The summed E-state index contributed by atoms with van der Waals surface area (Å²) in [4.78, 5) is 28.5. The number of hydrogen-bond acceptors (Lipinski definition) is 8. The number of amides is 1. The van der Waals surface area contributed by atoms with Gasteiger partial charge in [0.25, 0.3) is 5.91 Å². The summed E-state index contributed by atoms with van der Waals surface area (Å²) in [7, 11) is 0. The Morgan fingerprint density at radius 1 is 1.05 bits per heavy atom. The third-order valence-corrected chi connectivity index (χ3v) is 7.48. The lowest BCUT2D eigenvalue weighted by Gasteiger charge is -2.28. The highest BCUT2D eigenvalue weighted by atomic mass is 19.1. The summed E-state index contributed by atoms with van der Waals surface area (Å²) in [6.07, 6.45) is 2.52. The van der Waals surface area contributed by atoms with E-state index in [0.29, 0.717) is 35.0 Å². The van der Waals surface area contributed by atoms with Gasteiger partial charge in [0.1, 0.15) is 11.6 Å². The van der Waals surface area contributed by atoms with E-state index in [4.69, 9.17) is 10.5 Å². The molecule has 3 aromatic carbocycles. The molecule has 1 saturated carbocycles. The molecule has 1 aliphatic heterocycles. The average Bonchev–Trinajstić information content (AvgIpc) is 3.83. The van der Waals surface area contributed by atoms with Gasteiger partial charge in [-0.1, -0.05) is 30.3 Å². The molecular formula is C31H31FN6O3. The number of carbonyl (C=O) groups is 1. The van der Waals surface area contributed by atoms with Crippen molar-refractivity contribution in [2.75, 3.05) is 42.3 Å². The van der Waals surface area contributed by atoms with E-state index in [1.165, 1.54) is 12.1 Å². The molecule has 9 nitrogen and oxygen atoms in total. The van der Waals surface area contributed by atoms with Crippen molar-refractivity contribution in [1.82, 2.24) is 15.0 Å². The lowest BCUT2D eigenvalue weighted by molar-refractivity contribution is 0.102. The normalized spacial score (nSPS) is 15.1. The number of morpholine rings is 1. The van der Waals surface area contributed by atoms with Crippen LogP contribution in [0.2, 0.25) is 0 Å². The molecule has 41 heavy (non-hydrogen) atoms. The van der Waals surface area contributed by atoms with Gasteiger partial charge in [-0.3, -0.25) is 4.79 Å². The zero-order chi connectivity index (χ0) is 28.3. The van der Waals surface area contributed by atoms with Gasteiger partial charge in [0, 0.05) is 42.0 Å². The number of aliphatic hydroxyl groups is 1. The minimum atomic E-state index is -0.604. The summed E-state index contributed by atoms with van der Waals surface area (Å²) in [6.45, 7) is 2.76. The molecule has 1 amide bonds. The van der Waals surface area contributed by atoms with E-state index in [9.17, 15) is 14.3 Å². The standard InChI is InChI=1S/C31H31FN6O3/c32-26-17-21(20-6-7-20)8-11-24(26)30(40)34-27-3-1-2-23(25(27)18-39)29-35-28(36-31(33)37-29)16-19-4-9-22(10-5-19)38-12-14-41-15-13-38/h1-5,8-11,17,20,39H,6-7,12-16,18H2,(H,34,40)(H2,33,35,36,37). The van der Waals surface area contributed by atoms with E-state index >= 15 is 0 Å². The number of aliphatic hydroxyl groups excluding tert-OH is 1. The lowest BCUT2D eigenvalue weighted by Crippen LogP contribution is -2.36. The first kappa shape index (κ1) is 26.8. The van der Waals surface area contributed by atoms with Crippen molar-refractivity contribution < 1.29 is 19.0 Å². The number of carbonyl (C=O) groups excluding carboxylic acids is 1. The first-order chi connectivity index (χ1) is 20.0. The van der Waals surface area contributed by atoms with Crippen molar-refractivity contribution in [3.63, 3.8) is 0 Å². The second-order valence-electron chi connectivity index (χ2n) is 10.3. The number of benzene rings is 3. The molecule has 0 radical (unpaired) electrons. The van der Waals surface area contributed by atoms with Gasteiger partial charge in [-0.05, 0) is 60.2 Å². The summed E-state index contributed by atoms with van der Waals surface area (Å²) >= 11 is 0. The van der Waals surface area contributed by atoms with Gasteiger partial charge in [-0.25, -0.2) is 9.37 Å². The number of nitrogens with zero attached hydrogens (tertiary/aromatic N) is 4. The van der Waals surface area contributed by atoms with Crippen LogP contribution in [-0.2, 0) is 17.8 Å². The molecule has 4 N–H and O–H groups in total. The van der Waals surface area contributed by atoms with Crippen LogP contribution in [0.4, 0.5) is 21.7 Å². The topological polar surface area (TPSA) is 126 Å². The Balaban J connectivity index is 1.23. The Morgan fingerprint density at radius 2 is 1.83 bits per heavy atom. The summed E-state index contributed by atoms with van der Waals surface area (Å²) in [5, 5.41) is 13.0. The highest BCUT2D eigenvalue weighted by Gasteiger charge is 2.25. The molecule has 0 spiro atoms. The van der Waals surface area contributed by atoms with Crippen LogP contribution >= 0.6 is 0 Å². The maximum atomic E-state index is 14.7. The molecule has 210 valence electrons. The van der Waals surface area contributed by atoms with Crippen LogP contribution < -0.4 is 16.0 Å². The number of nitrogens with two attached hydrogens (primary N) is 1. The summed E-state index contributed by atoms with van der Waals surface area (Å²) < 4.78 is 20.2. The van der Waals surface area contributed by atoms with Gasteiger partial charge in [0.05, 0.1) is 25.4 Å². The maximum Gasteiger partial charge on any atom is 0.258 e. The number of anilines is 3. The van der Waals surface area contributed by atoms with Crippen LogP contribution in [0.15, 0.2) is 60.7 Å². The number of aromatic nitrogens is 3. The van der Waals surface area contributed by atoms with Crippen LogP contribution in [0.25, 0.3) is 11.4 Å². The molecule has 4 aromatic rings. The highest BCUT2D eigenvalue weighted by Crippen LogP contribution is 2.40. The number of nitrogens with one attached hydrogen (secondary N) is 1. The van der Waals surface area contributed by atoms with E-state index in [-0.39, 0.29) is 17.3 Å². The zero-order valence-electron chi connectivity index (χ0n) is 22.5. The molecule has 2 fully saturated rings. The quantitative estimate of drug-likeness (QED) is 0.294. The van der Waals surface area contributed by atoms with E-state index in [0.717, 1.165) is 56.0 Å². The fraction of sp³-hybridized carbons (Fsp3) is 0.290. The van der Waals surface area contributed by atoms with Crippen LogP contribution in [0.1, 0.15) is 51.6 Å². The van der Waals surface area contributed by atoms with Gasteiger partial charge in [0.15, 0.2) is 5.82 Å². The highest BCUT2D eigenvalue weighted by molar-refractivity contribution is 6.05. The molecule has 2 heterocycles. The van der Waals surface area contributed by atoms with E-state index < -0.39 is 18.3 Å². The number of halogens is 1. The number of ether oxygens (including phenoxy) is 1. The molecular weight excluding hydrogens is 523 g/mol. The molecule has 0 unspecified atom stereocenters. The molecule has 0 atom stereocenters. The molecule has 6 rings (SSSR count). The van der Waals surface area contributed by atoms with Crippen molar-refractivity contribution in [1.29, 1.82) is 0 Å². The number of rotatable bonds is 8. The molecule has 1 saturated heterocycles. The average molecular weight is 555 g/mol.